The van der Waals surface area contributed by atoms with E-state index >= 15 is 0 Å². The summed E-state index contributed by atoms with van der Waals surface area (Å²) in [4.78, 5) is 21.9. The zero-order chi connectivity index (χ0) is 18.7. The van der Waals surface area contributed by atoms with Crippen LogP contribution in [0.5, 0.6) is 0 Å². The summed E-state index contributed by atoms with van der Waals surface area (Å²) in [6, 6.07) is 7.43. The normalized spacial score (nSPS) is 11.0. The van der Waals surface area contributed by atoms with E-state index in [4.69, 9.17) is 27.6 Å². The van der Waals surface area contributed by atoms with Crippen molar-refractivity contribution in [1.82, 2.24) is 10.2 Å². The van der Waals surface area contributed by atoms with Crippen molar-refractivity contribution < 1.29 is 9.34 Å². The molecule has 0 radical (unpaired) electrons. The molecule has 0 spiro atoms. The quantitative estimate of drug-likeness (QED) is 0.386. The van der Waals surface area contributed by atoms with Gasteiger partial charge >= 0.3 is 0 Å². The van der Waals surface area contributed by atoms with Crippen LogP contribution in [0.4, 0.5) is 11.4 Å². The van der Waals surface area contributed by atoms with Crippen LogP contribution in [0, 0.1) is 10.1 Å². The van der Waals surface area contributed by atoms with E-state index < -0.39 is 10.5 Å². The van der Waals surface area contributed by atoms with Gasteiger partial charge in [0, 0.05) is 11.1 Å². The number of rotatable bonds is 5. The van der Waals surface area contributed by atoms with E-state index in [0.717, 1.165) is 0 Å². The maximum atomic E-state index is 11.3. The number of nitro benzene ring substituents is 1. The molecule has 3 aromatic rings. The number of H-pyrrole nitrogens is 1. The van der Waals surface area contributed by atoms with Crippen molar-refractivity contribution >= 4 is 40.8 Å². The Kier molecular flexibility index (Phi) is 5.01. The van der Waals surface area contributed by atoms with Crippen molar-refractivity contribution in [3.8, 4) is 11.3 Å². The lowest BCUT2D eigenvalue weighted by atomic mass is 10.1. The molecule has 2 aromatic heterocycles. The number of hydrogen-bond acceptors (Lipinski definition) is 7. The molecule has 1 aromatic carbocycles. The first-order valence-corrected chi connectivity index (χ1v) is 7.77. The summed E-state index contributed by atoms with van der Waals surface area (Å²) in [5.74, 6) is 0.608. The fraction of sp³-hybridized carbons (Fsp3) is 0. The Hall–Kier alpha value is -3.17. The lowest BCUT2D eigenvalue weighted by molar-refractivity contribution is -0.384. The smallest absolute Gasteiger partial charge is 0.285 e. The molecule has 0 fully saturated rings. The van der Waals surface area contributed by atoms with Gasteiger partial charge in [-0.3, -0.25) is 20.3 Å². The van der Waals surface area contributed by atoms with E-state index in [1.54, 1.807) is 12.1 Å². The standard InChI is InChI=1S/C15H9Cl2N5O4/c16-8-1-3-10(12(5-8)22(24)25)13-4-2-9(26-13)6-18-20-11-7-19-21-15(23)14(11)17/h1-7H,(H2,20,21,23)/b18-6-. The molecule has 0 saturated heterocycles. The van der Waals surface area contributed by atoms with Crippen LogP contribution in [0.25, 0.3) is 11.3 Å². The van der Waals surface area contributed by atoms with Crippen molar-refractivity contribution in [2.75, 3.05) is 5.43 Å². The number of nitro groups is 1. The molecule has 132 valence electrons. The van der Waals surface area contributed by atoms with Crippen molar-refractivity contribution in [2.45, 2.75) is 0 Å². The van der Waals surface area contributed by atoms with Gasteiger partial charge in [-0.2, -0.15) is 10.2 Å². The van der Waals surface area contributed by atoms with Crippen LogP contribution in [0.1, 0.15) is 5.76 Å². The number of nitrogens with zero attached hydrogens (tertiary/aromatic N) is 3. The molecule has 0 aliphatic carbocycles. The topological polar surface area (TPSA) is 126 Å². The lowest BCUT2D eigenvalue weighted by Gasteiger charge is -2.00. The van der Waals surface area contributed by atoms with Gasteiger partial charge < -0.3 is 4.42 Å². The summed E-state index contributed by atoms with van der Waals surface area (Å²) >= 11 is 11.6. The summed E-state index contributed by atoms with van der Waals surface area (Å²) in [6.07, 6.45) is 2.62. The zero-order valence-corrected chi connectivity index (χ0v) is 14.3. The van der Waals surface area contributed by atoms with Crippen LogP contribution in [-0.4, -0.2) is 21.3 Å². The predicted octanol–water partition coefficient (Wildman–Crippen LogP) is 3.69. The largest absolute Gasteiger partial charge is 0.455 e. The molecule has 2 N–H and O–H groups in total. The van der Waals surface area contributed by atoms with Crippen molar-refractivity contribution in [2.24, 2.45) is 5.10 Å². The van der Waals surface area contributed by atoms with Gasteiger partial charge in [-0.05, 0) is 24.3 Å². The Morgan fingerprint density at radius 2 is 2.12 bits per heavy atom. The summed E-state index contributed by atoms with van der Waals surface area (Å²) in [6.45, 7) is 0. The SMILES string of the molecule is O=c1[nH]ncc(N/N=C\c2ccc(-c3ccc(Cl)cc3[N+](=O)[O-])o2)c1Cl. The minimum absolute atomic E-state index is 0.0888. The molecule has 0 amide bonds. The molecule has 3 rings (SSSR count). The third-order valence-electron chi connectivity index (χ3n) is 3.22. The first-order chi connectivity index (χ1) is 12.5. The second-order valence-corrected chi connectivity index (χ2v) is 5.73. The lowest BCUT2D eigenvalue weighted by Crippen LogP contribution is -2.09. The van der Waals surface area contributed by atoms with E-state index in [2.05, 4.69) is 20.7 Å². The summed E-state index contributed by atoms with van der Waals surface area (Å²) < 4.78 is 5.54. The van der Waals surface area contributed by atoms with Crippen LogP contribution in [0.2, 0.25) is 10.0 Å². The van der Waals surface area contributed by atoms with E-state index in [1.807, 2.05) is 0 Å². The van der Waals surface area contributed by atoms with Crippen molar-refractivity contribution in [3.63, 3.8) is 0 Å². The van der Waals surface area contributed by atoms with Gasteiger partial charge in [0.15, 0.2) is 0 Å². The second-order valence-electron chi connectivity index (χ2n) is 4.92. The van der Waals surface area contributed by atoms with Crippen LogP contribution >= 0.6 is 23.2 Å². The molecule has 11 heteroatoms. The summed E-state index contributed by atoms with van der Waals surface area (Å²) in [5, 5.41) is 21.0. The van der Waals surface area contributed by atoms with E-state index in [-0.39, 0.29) is 32.7 Å². The van der Waals surface area contributed by atoms with Gasteiger partial charge in [0.25, 0.3) is 11.2 Å². The third kappa shape index (κ3) is 3.73. The monoisotopic (exact) mass is 393 g/mol. The summed E-state index contributed by atoms with van der Waals surface area (Å²) in [5.41, 5.74) is 2.33. The van der Waals surface area contributed by atoms with Crippen LogP contribution < -0.4 is 11.0 Å². The van der Waals surface area contributed by atoms with Gasteiger partial charge in [-0.15, -0.1) is 0 Å². The molecule has 0 bridgehead atoms. The molecule has 0 unspecified atom stereocenters. The number of anilines is 1. The van der Waals surface area contributed by atoms with Crippen LogP contribution in [0.15, 0.2) is 50.8 Å². The molecule has 2 heterocycles. The average Bonchev–Trinajstić information content (AvgIpc) is 3.07. The third-order valence-corrected chi connectivity index (χ3v) is 3.83. The van der Waals surface area contributed by atoms with Crippen LogP contribution in [0.3, 0.4) is 0 Å². The Morgan fingerprint density at radius 1 is 1.31 bits per heavy atom. The second kappa shape index (κ2) is 7.38. The fourth-order valence-corrected chi connectivity index (χ4v) is 2.36. The molecule has 26 heavy (non-hydrogen) atoms. The molecule has 9 nitrogen and oxygen atoms in total. The number of benzene rings is 1. The highest BCUT2D eigenvalue weighted by Crippen LogP contribution is 2.33. The van der Waals surface area contributed by atoms with Gasteiger partial charge in [0.2, 0.25) is 0 Å². The number of aromatic nitrogens is 2. The highest BCUT2D eigenvalue weighted by atomic mass is 35.5. The minimum Gasteiger partial charge on any atom is -0.455 e. The number of hydrogen-bond donors (Lipinski definition) is 2. The average molecular weight is 394 g/mol. The molecule has 0 aliphatic heterocycles. The van der Waals surface area contributed by atoms with E-state index in [0.29, 0.717) is 5.76 Å². The number of hydrazone groups is 1. The Labute approximate surface area is 155 Å². The Bertz CT molecular complexity index is 1060. The first-order valence-electron chi connectivity index (χ1n) is 7.02. The van der Waals surface area contributed by atoms with Crippen molar-refractivity contribution in [3.05, 3.63) is 72.8 Å². The number of halogens is 2. The summed E-state index contributed by atoms with van der Waals surface area (Å²) in [7, 11) is 0. The maximum absolute atomic E-state index is 11.3. The molecular formula is C15H9Cl2N5O4. The van der Waals surface area contributed by atoms with Crippen LogP contribution in [-0.2, 0) is 0 Å². The molecule has 0 saturated carbocycles. The Balaban J connectivity index is 1.82. The fourth-order valence-electron chi connectivity index (χ4n) is 2.06. The zero-order valence-electron chi connectivity index (χ0n) is 12.8. The van der Waals surface area contributed by atoms with Gasteiger partial charge in [0.1, 0.15) is 22.2 Å². The molecule has 0 aliphatic rings. The highest BCUT2D eigenvalue weighted by molar-refractivity contribution is 6.32. The van der Waals surface area contributed by atoms with E-state index in [1.165, 1.54) is 30.6 Å². The minimum atomic E-state index is -0.554. The predicted molar refractivity (Wildman–Crippen MR) is 96.9 cm³/mol. The maximum Gasteiger partial charge on any atom is 0.285 e. The van der Waals surface area contributed by atoms with Gasteiger partial charge in [-0.25, -0.2) is 5.10 Å². The molecular weight excluding hydrogens is 385 g/mol. The number of aromatic amines is 1. The Morgan fingerprint density at radius 3 is 2.88 bits per heavy atom. The highest BCUT2D eigenvalue weighted by Gasteiger charge is 2.18. The number of furan rings is 1. The molecule has 0 atom stereocenters. The van der Waals surface area contributed by atoms with Crippen molar-refractivity contribution in [1.29, 1.82) is 0 Å². The number of nitrogens with one attached hydrogen (secondary N) is 2. The van der Waals surface area contributed by atoms with E-state index in [9.17, 15) is 14.9 Å². The first kappa shape index (κ1) is 17.6. The van der Waals surface area contributed by atoms with Gasteiger partial charge in [0.05, 0.1) is 22.9 Å². The van der Waals surface area contributed by atoms with Gasteiger partial charge in [-0.1, -0.05) is 23.2 Å².